The van der Waals surface area contributed by atoms with Crippen LogP contribution in [0.1, 0.15) is 31.6 Å². The van der Waals surface area contributed by atoms with Crippen molar-refractivity contribution in [1.29, 1.82) is 0 Å². The number of nitrogens with zero attached hydrogens (tertiary/aromatic N) is 1. The van der Waals surface area contributed by atoms with Gasteiger partial charge in [-0.2, -0.15) is 5.10 Å². The minimum Gasteiger partial charge on any atom is -0.482 e. The molecule has 132 valence electrons. The Bertz CT molecular complexity index is 827. The molecule has 0 bridgehead atoms. The van der Waals surface area contributed by atoms with E-state index in [0.29, 0.717) is 15.8 Å². The fourth-order valence-electron chi connectivity index (χ4n) is 2.78. The van der Waals surface area contributed by atoms with Crippen molar-refractivity contribution < 1.29 is 13.9 Å². The number of fused-ring (bicyclic) bond motifs is 1. The van der Waals surface area contributed by atoms with Gasteiger partial charge in [-0.15, -0.1) is 0 Å². The summed E-state index contributed by atoms with van der Waals surface area (Å²) in [6, 6.07) is 6.69. The second kappa shape index (κ2) is 7.10. The fraction of sp³-hybridized carbons (Fsp3) is 0.333. The molecule has 0 saturated heterocycles. The van der Waals surface area contributed by atoms with Crippen molar-refractivity contribution in [1.82, 2.24) is 5.43 Å². The van der Waals surface area contributed by atoms with Gasteiger partial charge in [-0.25, -0.2) is 5.43 Å². The number of benzene rings is 1. The number of hydrazone groups is 1. The summed E-state index contributed by atoms with van der Waals surface area (Å²) in [6.07, 6.45) is 3.25. The maximum atomic E-state index is 12.0. The molecule has 25 heavy (non-hydrogen) atoms. The standard InChI is InChI=1S/C18H18Cl2N2O3/c1-18(2)8-14(12-5-6-24-16(12)9-18)21-22-17(23)10-25-15-4-3-11(19)7-13(15)20/h3-7H,8-10H2,1-2H3,(H,22,23). The average molecular weight is 381 g/mol. The van der Waals surface area contributed by atoms with Crippen molar-refractivity contribution in [2.45, 2.75) is 26.7 Å². The number of halogens is 2. The molecule has 7 heteroatoms. The number of rotatable bonds is 4. The van der Waals surface area contributed by atoms with E-state index in [9.17, 15) is 4.79 Å². The third-order valence-electron chi connectivity index (χ3n) is 3.91. The Morgan fingerprint density at radius 2 is 2.12 bits per heavy atom. The summed E-state index contributed by atoms with van der Waals surface area (Å²) in [4.78, 5) is 12.0. The van der Waals surface area contributed by atoms with Crippen molar-refractivity contribution in [2.24, 2.45) is 10.5 Å². The lowest BCUT2D eigenvalue weighted by Gasteiger charge is -2.29. The fourth-order valence-corrected chi connectivity index (χ4v) is 3.24. The summed E-state index contributed by atoms with van der Waals surface area (Å²) in [6.45, 7) is 4.09. The van der Waals surface area contributed by atoms with E-state index < -0.39 is 0 Å². The van der Waals surface area contributed by atoms with Gasteiger partial charge in [-0.05, 0) is 36.1 Å². The van der Waals surface area contributed by atoms with E-state index in [1.807, 2.05) is 6.07 Å². The molecule has 1 aromatic heterocycles. The summed E-state index contributed by atoms with van der Waals surface area (Å²) in [5.74, 6) is 0.921. The van der Waals surface area contributed by atoms with Crippen LogP contribution in [-0.2, 0) is 11.2 Å². The molecule has 0 aliphatic heterocycles. The predicted octanol–water partition coefficient (Wildman–Crippen LogP) is 4.46. The summed E-state index contributed by atoms with van der Waals surface area (Å²) < 4.78 is 10.9. The molecule has 2 aromatic rings. The summed E-state index contributed by atoms with van der Waals surface area (Å²) in [7, 11) is 0. The Morgan fingerprint density at radius 1 is 1.32 bits per heavy atom. The zero-order valence-electron chi connectivity index (χ0n) is 13.9. The molecule has 0 spiro atoms. The van der Waals surface area contributed by atoms with Crippen LogP contribution in [0, 0.1) is 5.41 Å². The number of furan rings is 1. The Hall–Kier alpha value is -1.98. The molecule has 1 heterocycles. The van der Waals surface area contributed by atoms with Crippen LogP contribution >= 0.6 is 23.2 Å². The van der Waals surface area contributed by atoms with Crippen LogP contribution in [0.25, 0.3) is 0 Å². The Morgan fingerprint density at radius 3 is 2.88 bits per heavy atom. The van der Waals surface area contributed by atoms with Crippen LogP contribution in [0.4, 0.5) is 0 Å². The first-order valence-corrected chi connectivity index (χ1v) is 8.60. The van der Waals surface area contributed by atoms with E-state index in [0.717, 1.165) is 29.9 Å². The van der Waals surface area contributed by atoms with Gasteiger partial charge in [0.25, 0.3) is 5.91 Å². The number of carbonyl (C=O) groups excluding carboxylic acids is 1. The number of hydrogen-bond donors (Lipinski definition) is 1. The molecule has 1 aromatic carbocycles. The van der Waals surface area contributed by atoms with Crippen LogP contribution in [0.3, 0.4) is 0 Å². The number of hydrogen-bond acceptors (Lipinski definition) is 4. The highest BCUT2D eigenvalue weighted by Gasteiger charge is 2.31. The summed E-state index contributed by atoms with van der Waals surface area (Å²) in [5.41, 5.74) is 4.31. The van der Waals surface area contributed by atoms with Gasteiger partial charge >= 0.3 is 0 Å². The third-order valence-corrected chi connectivity index (χ3v) is 4.44. The van der Waals surface area contributed by atoms with E-state index in [4.69, 9.17) is 32.4 Å². The lowest BCUT2D eigenvalue weighted by atomic mass is 9.76. The van der Waals surface area contributed by atoms with Gasteiger partial charge in [-0.1, -0.05) is 37.0 Å². The van der Waals surface area contributed by atoms with Gasteiger partial charge in [0.1, 0.15) is 11.5 Å². The highest BCUT2D eigenvalue weighted by Crippen LogP contribution is 2.35. The van der Waals surface area contributed by atoms with Gasteiger partial charge in [-0.3, -0.25) is 4.79 Å². The van der Waals surface area contributed by atoms with Crippen LogP contribution in [0.15, 0.2) is 40.0 Å². The van der Waals surface area contributed by atoms with E-state index in [2.05, 4.69) is 24.4 Å². The first-order valence-electron chi connectivity index (χ1n) is 7.84. The zero-order chi connectivity index (χ0) is 18.0. The molecule has 1 aliphatic carbocycles. The molecule has 5 nitrogen and oxygen atoms in total. The van der Waals surface area contributed by atoms with Gasteiger partial charge in [0.2, 0.25) is 0 Å². The van der Waals surface area contributed by atoms with Crippen LogP contribution < -0.4 is 10.2 Å². The lowest BCUT2D eigenvalue weighted by Crippen LogP contribution is -2.30. The third kappa shape index (κ3) is 4.35. The summed E-state index contributed by atoms with van der Waals surface area (Å²) >= 11 is 11.8. The molecule has 0 radical (unpaired) electrons. The first kappa shape index (κ1) is 17.8. The Balaban J connectivity index is 1.63. The molecule has 0 unspecified atom stereocenters. The van der Waals surface area contributed by atoms with Crippen LogP contribution in [-0.4, -0.2) is 18.2 Å². The maximum Gasteiger partial charge on any atom is 0.277 e. The van der Waals surface area contributed by atoms with Crippen LogP contribution in [0.5, 0.6) is 5.75 Å². The quantitative estimate of drug-likeness (QED) is 0.796. The van der Waals surface area contributed by atoms with E-state index in [-0.39, 0.29) is 17.9 Å². The van der Waals surface area contributed by atoms with Gasteiger partial charge in [0.15, 0.2) is 6.61 Å². The Labute approximate surface area is 155 Å². The van der Waals surface area contributed by atoms with E-state index in [1.165, 1.54) is 0 Å². The molecular formula is C18H18Cl2N2O3. The molecular weight excluding hydrogens is 363 g/mol. The average Bonchev–Trinajstić information content (AvgIpc) is 2.98. The molecule has 0 atom stereocenters. The van der Waals surface area contributed by atoms with Gasteiger partial charge in [0.05, 0.1) is 17.0 Å². The summed E-state index contributed by atoms with van der Waals surface area (Å²) in [5, 5.41) is 5.12. The highest BCUT2D eigenvalue weighted by molar-refractivity contribution is 6.35. The molecule has 0 saturated carbocycles. The molecule has 1 amide bonds. The predicted molar refractivity (Wildman–Crippen MR) is 97.4 cm³/mol. The lowest BCUT2D eigenvalue weighted by molar-refractivity contribution is -0.123. The van der Waals surface area contributed by atoms with Crippen molar-refractivity contribution in [2.75, 3.05) is 6.61 Å². The van der Waals surface area contributed by atoms with Crippen molar-refractivity contribution in [3.8, 4) is 5.75 Å². The number of amides is 1. The minimum absolute atomic E-state index is 0.0295. The molecule has 3 rings (SSSR count). The van der Waals surface area contributed by atoms with E-state index in [1.54, 1.807) is 24.5 Å². The second-order valence-corrected chi connectivity index (χ2v) is 7.58. The van der Waals surface area contributed by atoms with Crippen molar-refractivity contribution in [3.05, 3.63) is 51.9 Å². The molecule has 0 fully saturated rings. The maximum absolute atomic E-state index is 12.0. The molecule has 1 aliphatic rings. The van der Waals surface area contributed by atoms with Gasteiger partial charge < -0.3 is 9.15 Å². The number of ether oxygens (including phenoxy) is 1. The van der Waals surface area contributed by atoms with Crippen LogP contribution in [0.2, 0.25) is 10.0 Å². The number of carbonyl (C=O) groups is 1. The van der Waals surface area contributed by atoms with Crippen molar-refractivity contribution in [3.63, 3.8) is 0 Å². The molecule has 1 N–H and O–H groups in total. The minimum atomic E-state index is -0.369. The number of nitrogens with one attached hydrogen (secondary N) is 1. The smallest absolute Gasteiger partial charge is 0.277 e. The SMILES string of the molecule is CC1(C)CC(=NNC(=O)COc2ccc(Cl)cc2Cl)c2ccoc2C1. The zero-order valence-corrected chi connectivity index (χ0v) is 15.4. The topological polar surface area (TPSA) is 63.8 Å². The normalized spacial score (nSPS) is 17.2. The highest BCUT2D eigenvalue weighted by atomic mass is 35.5. The van der Waals surface area contributed by atoms with E-state index >= 15 is 0 Å². The van der Waals surface area contributed by atoms with Gasteiger partial charge in [0, 0.05) is 17.0 Å². The largest absolute Gasteiger partial charge is 0.482 e. The monoisotopic (exact) mass is 380 g/mol. The second-order valence-electron chi connectivity index (χ2n) is 6.73. The first-order chi connectivity index (χ1) is 11.8. The Kier molecular flexibility index (Phi) is 5.06. The van der Waals surface area contributed by atoms with Crippen molar-refractivity contribution >= 4 is 34.8 Å².